The van der Waals surface area contributed by atoms with Gasteiger partial charge in [0.05, 0.1) is 10.6 Å². The molecule has 0 unspecified atom stereocenters. The molecule has 7 heteroatoms. The van der Waals surface area contributed by atoms with Crippen LogP contribution in [0.3, 0.4) is 0 Å². The van der Waals surface area contributed by atoms with Crippen molar-refractivity contribution in [1.82, 2.24) is 9.38 Å². The van der Waals surface area contributed by atoms with Crippen molar-refractivity contribution in [1.29, 1.82) is 0 Å². The number of anilines is 1. The van der Waals surface area contributed by atoms with Crippen LogP contribution in [-0.2, 0) is 10.0 Å². The highest BCUT2D eigenvalue weighted by atomic mass is 35.5. The number of hydrogen-bond donors (Lipinski definition) is 1. The van der Waals surface area contributed by atoms with Gasteiger partial charge in [-0.05, 0) is 61.4 Å². The van der Waals surface area contributed by atoms with E-state index in [0.717, 1.165) is 28.0 Å². The Labute approximate surface area is 168 Å². The molecule has 0 aliphatic heterocycles. The summed E-state index contributed by atoms with van der Waals surface area (Å²) < 4.78 is 30.0. The topological polar surface area (TPSA) is 63.5 Å². The first-order valence-corrected chi connectivity index (χ1v) is 10.5. The van der Waals surface area contributed by atoms with Crippen LogP contribution in [0.15, 0.2) is 71.9 Å². The first-order valence-electron chi connectivity index (χ1n) is 8.67. The maximum absolute atomic E-state index is 12.7. The lowest BCUT2D eigenvalue weighted by molar-refractivity contribution is 0.601. The number of nitrogens with one attached hydrogen (secondary N) is 1. The Morgan fingerprint density at radius 2 is 1.86 bits per heavy atom. The van der Waals surface area contributed by atoms with Gasteiger partial charge in [-0.25, -0.2) is 13.4 Å². The zero-order valence-corrected chi connectivity index (χ0v) is 16.9. The van der Waals surface area contributed by atoms with Crippen molar-refractivity contribution >= 4 is 33.0 Å². The third-order valence-electron chi connectivity index (χ3n) is 4.48. The van der Waals surface area contributed by atoms with Gasteiger partial charge >= 0.3 is 0 Å². The number of rotatable bonds is 4. The normalized spacial score (nSPS) is 11.7. The second-order valence-electron chi connectivity index (χ2n) is 6.69. The molecule has 2 aromatic heterocycles. The first kappa shape index (κ1) is 18.5. The fourth-order valence-electron chi connectivity index (χ4n) is 2.92. The van der Waals surface area contributed by atoms with E-state index in [4.69, 9.17) is 11.6 Å². The molecule has 2 aromatic carbocycles. The maximum Gasteiger partial charge on any atom is 0.261 e. The van der Waals surface area contributed by atoms with Crippen LogP contribution in [0.5, 0.6) is 0 Å². The van der Waals surface area contributed by atoms with E-state index < -0.39 is 10.0 Å². The van der Waals surface area contributed by atoms with E-state index in [-0.39, 0.29) is 4.90 Å². The van der Waals surface area contributed by atoms with Gasteiger partial charge in [-0.2, -0.15) is 0 Å². The minimum Gasteiger partial charge on any atom is -0.306 e. The summed E-state index contributed by atoms with van der Waals surface area (Å²) in [6, 6.07) is 15.8. The van der Waals surface area contributed by atoms with Gasteiger partial charge in [-0.1, -0.05) is 29.8 Å². The number of benzene rings is 2. The molecule has 0 radical (unpaired) electrons. The Morgan fingerprint density at radius 3 is 2.64 bits per heavy atom. The van der Waals surface area contributed by atoms with Crippen LogP contribution in [0.4, 0.5) is 5.69 Å². The highest BCUT2D eigenvalue weighted by molar-refractivity contribution is 7.92. The van der Waals surface area contributed by atoms with Crippen molar-refractivity contribution < 1.29 is 8.42 Å². The molecule has 0 aliphatic carbocycles. The lowest BCUT2D eigenvalue weighted by Gasteiger charge is -2.10. The van der Waals surface area contributed by atoms with Crippen molar-refractivity contribution in [2.45, 2.75) is 18.7 Å². The van der Waals surface area contributed by atoms with Crippen LogP contribution in [-0.4, -0.2) is 17.8 Å². The Kier molecular flexibility index (Phi) is 4.61. The molecular weight excluding hydrogens is 394 g/mol. The molecule has 0 saturated heterocycles. The summed E-state index contributed by atoms with van der Waals surface area (Å²) in [5, 5.41) is 0.414. The Morgan fingerprint density at radius 1 is 1.04 bits per heavy atom. The van der Waals surface area contributed by atoms with Crippen molar-refractivity contribution in [3.05, 3.63) is 83.1 Å². The number of pyridine rings is 1. The summed E-state index contributed by atoms with van der Waals surface area (Å²) in [6.07, 6.45) is 3.87. The minimum atomic E-state index is -3.74. The highest BCUT2D eigenvalue weighted by Gasteiger charge is 2.16. The van der Waals surface area contributed by atoms with E-state index >= 15 is 0 Å². The van der Waals surface area contributed by atoms with Crippen LogP contribution in [0, 0.1) is 13.8 Å². The summed E-state index contributed by atoms with van der Waals surface area (Å²) >= 11 is 6.08. The van der Waals surface area contributed by atoms with E-state index in [9.17, 15) is 8.42 Å². The molecule has 0 saturated carbocycles. The fourth-order valence-corrected chi connectivity index (χ4v) is 4.24. The molecule has 0 fully saturated rings. The zero-order chi connectivity index (χ0) is 19.9. The van der Waals surface area contributed by atoms with Gasteiger partial charge < -0.3 is 4.40 Å². The molecule has 4 aromatic rings. The number of imidazole rings is 1. The summed E-state index contributed by atoms with van der Waals surface area (Å²) in [6.45, 7) is 3.84. The molecule has 0 amide bonds. The Bertz CT molecular complexity index is 1300. The Hall–Kier alpha value is -2.83. The minimum absolute atomic E-state index is 0.122. The van der Waals surface area contributed by atoms with Gasteiger partial charge in [0.25, 0.3) is 10.0 Å². The van der Waals surface area contributed by atoms with Gasteiger partial charge in [-0.3, -0.25) is 4.72 Å². The summed E-state index contributed by atoms with van der Waals surface area (Å²) in [7, 11) is -3.74. The zero-order valence-electron chi connectivity index (χ0n) is 15.3. The van der Waals surface area contributed by atoms with Crippen LogP contribution >= 0.6 is 11.6 Å². The molecule has 0 aliphatic rings. The van der Waals surface area contributed by atoms with Gasteiger partial charge in [0.2, 0.25) is 0 Å². The van der Waals surface area contributed by atoms with Gasteiger partial charge in [0.15, 0.2) is 0 Å². The smallest absolute Gasteiger partial charge is 0.261 e. The molecule has 28 heavy (non-hydrogen) atoms. The molecule has 142 valence electrons. The predicted molar refractivity (Wildman–Crippen MR) is 112 cm³/mol. The number of aromatic nitrogens is 2. The molecule has 1 N–H and O–H groups in total. The number of nitrogens with zero attached hydrogens (tertiary/aromatic N) is 2. The quantitative estimate of drug-likeness (QED) is 0.509. The number of hydrogen-bond acceptors (Lipinski definition) is 3. The third kappa shape index (κ3) is 3.61. The summed E-state index contributed by atoms with van der Waals surface area (Å²) in [4.78, 5) is 4.75. The molecule has 0 atom stereocenters. The second-order valence-corrected chi connectivity index (χ2v) is 8.78. The van der Waals surface area contributed by atoms with Gasteiger partial charge in [-0.15, -0.1) is 0 Å². The van der Waals surface area contributed by atoms with Crippen LogP contribution in [0.1, 0.15) is 11.1 Å². The van der Waals surface area contributed by atoms with Crippen molar-refractivity contribution in [3.63, 3.8) is 0 Å². The average Bonchev–Trinajstić information content (AvgIpc) is 3.07. The lowest BCUT2D eigenvalue weighted by atomic mass is 10.1. The third-order valence-corrected chi connectivity index (χ3v) is 6.27. The average molecular weight is 412 g/mol. The van der Waals surface area contributed by atoms with Crippen molar-refractivity contribution in [2.75, 3.05) is 4.72 Å². The molecule has 4 rings (SSSR count). The maximum atomic E-state index is 12.7. The molecule has 0 spiro atoms. The van der Waals surface area contributed by atoms with Crippen LogP contribution < -0.4 is 4.72 Å². The van der Waals surface area contributed by atoms with E-state index in [1.165, 1.54) is 12.1 Å². The predicted octanol–water partition coefficient (Wildman–Crippen LogP) is 5.07. The Balaban J connectivity index is 1.67. The van der Waals surface area contributed by atoms with Crippen LogP contribution in [0.25, 0.3) is 16.9 Å². The molecule has 0 bridgehead atoms. The van der Waals surface area contributed by atoms with E-state index in [1.54, 1.807) is 24.3 Å². The van der Waals surface area contributed by atoms with E-state index in [1.807, 2.05) is 48.8 Å². The molecule has 5 nitrogen and oxygen atoms in total. The summed E-state index contributed by atoms with van der Waals surface area (Å²) in [5.74, 6) is 0. The van der Waals surface area contributed by atoms with Crippen LogP contribution in [0.2, 0.25) is 5.02 Å². The SMILES string of the molecule is Cc1ccn2cc(-c3cccc(NS(=O)(=O)c4ccc(C)c(Cl)c4)c3)nc2c1. The number of sulfonamides is 1. The fraction of sp³-hybridized carbons (Fsp3) is 0.0952. The monoisotopic (exact) mass is 411 g/mol. The van der Waals surface area contributed by atoms with Crippen molar-refractivity contribution in [3.8, 4) is 11.3 Å². The molecular formula is C21H18ClN3O2S. The number of halogens is 1. The van der Waals surface area contributed by atoms with Crippen molar-refractivity contribution in [2.24, 2.45) is 0 Å². The molecule has 2 heterocycles. The lowest BCUT2D eigenvalue weighted by Crippen LogP contribution is -2.13. The largest absolute Gasteiger partial charge is 0.306 e. The van der Waals surface area contributed by atoms with E-state index in [0.29, 0.717) is 10.7 Å². The van der Waals surface area contributed by atoms with Gasteiger partial charge in [0.1, 0.15) is 5.65 Å². The summed E-state index contributed by atoms with van der Waals surface area (Å²) in [5.41, 5.74) is 4.85. The van der Waals surface area contributed by atoms with Gasteiger partial charge in [0, 0.05) is 28.7 Å². The number of fused-ring (bicyclic) bond motifs is 1. The number of aryl methyl sites for hydroxylation is 2. The standard InChI is InChI=1S/C21H18ClN3O2S/c1-14-8-9-25-13-20(23-21(25)10-14)16-4-3-5-17(11-16)24-28(26,27)18-7-6-15(2)19(22)12-18/h3-13,24H,1-2H3. The van der Waals surface area contributed by atoms with E-state index in [2.05, 4.69) is 9.71 Å². The first-order chi connectivity index (χ1) is 13.3. The highest BCUT2D eigenvalue weighted by Crippen LogP contribution is 2.26. The second kappa shape index (κ2) is 6.96.